The van der Waals surface area contributed by atoms with Gasteiger partial charge in [-0.2, -0.15) is 0 Å². The molecule has 2 aliphatic rings. The Bertz CT molecular complexity index is 392. The topological polar surface area (TPSA) is 49.7 Å². The van der Waals surface area contributed by atoms with Crippen LogP contribution < -0.4 is 0 Å². The van der Waals surface area contributed by atoms with Crippen LogP contribution in [0.4, 0.5) is 0 Å². The Balaban J connectivity index is 2.52. The highest BCUT2D eigenvalue weighted by atomic mass is 32.2. The molecule has 2 unspecified atom stereocenters. The molecule has 3 nitrogen and oxygen atoms in total. The van der Waals surface area contributed by atoms with E-state index in [9.17, 15) is 4.21 Å². The third-order valence-corrected chi connectivity index (χ3v) is 3.31. The second-order valence-electron chi connectivity index (χ2n) is 3.13. The van der Waals surface area contributed by atoms with Crippen molar-refractivity contribution in [3.05, 3.63) is 36.1 Å². The van der Waals surface area contributed by atoms with Crippen molar-refractivity contribution in [1.29, 1.82) is 0 Å². The molecule has 0 saturated carbocycles. The molecule has 68 valence electrons. The Morgan fingerprint density at radius 1 is 1.62 bits per heavy atom. The van der Waals surface area contributed by atoms with Crippen molar-refractivity contribution in [2.75, 3.05) is 0 Å². The van der Waals surface area contributed by atoms with Gasteiger partial charge in [0.25, 0.3) is 0 Å². The first-order valence-corrected chi connectivity index (χ1v) is 5.01. The number of nitrogens with zero attached hydrogens (tertiary/aromatic N) is 1. The van der Waals surface area contributed by atoms with Crippen LogP contribution in [0.3, 0.4) is 0 Å². The summed E-state index contributed by atoms with van der Waals surface area (Å²) in [7, 11) is 0. The van der Waals surface area contributed by atoms with Gasteiger partial charge in [0, 0.05) is 6.20 Å². The summed E-state index contributed by atoms with van der Waals surface area (Å²) in [6.45, 7) is 1.71. The van der Waals surface area contributed by atoms with Gasteiger partial charge in [-0.25, -0.2) is 4.21 Å². The van der Waals surface area contributed by atoms with Gasteiger partial charge in [0.05, 0.1) is 5.71 Å². The molecule has 0 fully saturated rings. The number of allylic oxidation sites excluding steroid dienone is 4. The average molecular weight is 195 g/mol. The van der Waals surface area contributed by atoms with Gasteiger partial charge in [-0.05, 0) is 18.6 Å². The van der Waals surface area contributed by atoms with E-state index in [0.29, 0.717) is 5.71 Å². The van der Waals surface area contributed by atoms with E-state index in [4.69, 9.17) is 4.55 Å². The Labute approximate surface area is 78.9 Å². The molecule has 1 N–H and O–H groups in total. The largest absolute Gasteiger partial charge is 0.305 e. The Hall–Kier alpha value is -1.00. The average Bonchev–Trinajstić information content (AvgIpc) is 2.53. The molecule has 0 radical (unpaired) electrons. The molecule has 4 heteroatoms. The highest BCUT2D eigenvalue weighted by Gasteiger charge is 2.38. The molecule has 0 aromatic heterocycles. The van der Waals surface area contributed by atoms with Crippen LogP contribution >= 0.6 is 0 Å². The summed E-state index contributed by atoms with van der Waals surface area (Å²) in [5, 5.41) is 0. The summed E-state index contributed by atoms with van der Waals surface area (Å²) in [5.41, 5.74) is 1.60. The maximum absolute atomic E-state index is 11.1. The molecule has 0 bridgehead atoms. The summed E-state index contributed by atoms with van der Waals surface area (Å²) in [6.07, 6.45) is 8.87. The molecule has 2 rings (SSSR count). The molecule has 1 aliphatic carbocycles. The summed E-state index contributed by atoms with van der Waals surface area (Å²) in [4.78, 5) is 4.10. The lowest BCUT2D eigenvalue weighted by atomic mass is 9.93. The van der Waals surface area contributed by atoms with Crippen molar-refractivity contribution < 1.29 is 8.76 Å². The fourth-order valence-electron chi connectivity index (χ4n) is 1.45. The zero-order chi connectivity index (χ0) is 9.47. The molecule has 0 aromatic rings. The minimum atomic E-state index is -1.93. The van der Waals surface area contributed by atoms with E-state index in [0.717, 1.165) is 5.57 Å². The van der Waals surface area contributed by atoms with Crippen molar-refractivity contribution in [1.82, 2.24) is 0 Å². The number of fused-ring (bicyclic) bond motifs is 1. The molecule has 0 saturated heterocycles. The normalized spacial score (nSPS) is 32.5. The highest BCUT2D eigenvalue weighted by molar-refractivity contribution is 7.82. The van der Waals surface area contributed by atoms with E-state index < -0.39 is 15.8 Å². The van der Waals surface area contributed by atoms with E-state index in [2.05, 4.69) is 4.99 Å². The summed E-state index contributed by atoms with van der Waals surface area (Å²) >= 11 is -1.93. The number of hydrogen-bond acceptors (Lipinski definition) is 2. The number of hydrogen-bond donors (Lipinski definition) is 1. The zero-order valence-corrected chi connectivity index (χ0v) is 7.91. The first kappa shape index (κ1) is 8.59. The van der Waals surface area contributed by atoms with E-state index >= 15 is 0 Å². The molecular formula is C9H9NO2S. The molecular weight excluding hydrogens is 186 g/mol. The van der Waals surface area contributed by atoms with Gasteiger partial charge in [0.1, 0.15) is 4.75 Å². The Kier molecular flexibility index (Phi) is 1.82. The standard InChI is InChI=1S/C9H9NO2S/c1-9(13(11)12)5-2-3-7-4-6-10-8(7)9/h2-6H,1H3,(H,11,12). The molecule has 2 atom stereocenters. The summed E-state index contributed by atoms with van der Waals surface area (Å²) in [5.74, 6) is 0. The lowest BCUT2D eigenvalue weighted by Crippen LogP contribution is -2.39. The molecule has 1 aliphatic heterocycles. The first-order chi connectivity index (χ1) is 6.14. The monoisotopic (exact) mass is 195 g/mol. The van der Waals surface area contributed by atoms with Crippen molar-refractivity contribution in [2.45, 2.75) is 11.7 Å². The van der Waals surface area contributed by atoms with Crippen LogP contribution in [0.5, 0.6) is 0 Å². The van der Waals surface area contributed by atoms with Crippen LogP contribution in [0.1, 0.15) is 6.92 Å². The summed E-state index contributed by atoms with van der Waals surface area (Å²) in [6, 6.07) is 0. The van der Waals surface area contributed by atoms with Crippen LogP contribution in [0.15, 0.2) is 41.1 Å². The minimum Gasteiger partial charge on any atom is -0.305 e. The number of rotatable bonds is 1. The Morgan fingerprint density at radius 2 is 2.38 bits per heavy atom. The van der Waals surface area contributed by atoms with Crippen molar-refractivity contribution in [3.8, 4) is 0 Å². The SMILES string of the molecule is CC1(S(=O)O)C=CC=C2C=CN=C21. The van der Waals surface area contributed by atoms with Gasteiger partial charge in [-0.3, -0.25) is 4.99 Å². The predicted molar refractivity (Wildman–Crippen MR) is 53.0 cm³/mol. The van der Waals surface area contributed by atoms with Crippen LogP contribution in [0.25, 0.3) is 0 Å². The van der Waals surface area contributed by atoms with Gasteiger partial charge >= 0.3 is 0 Å². The lowest BCUT2D eigenvalue weighted by molar-refractivity contribution is 0.551. The van der Waals surface area contributed by atoms with Crippen LogP contribution in [0.2, 0.25) is 0 Å². The lowest BCUT2D eigenvalue weighted by Gasteiger charge is -2.25. The van der Waals surface area contributed by atoms with Crippen molar-refractivity contribution >= 4 is 16.8 Å². The third kappa shape index (κ3) is 1.14. The second kappa shape index (κ2) is 2.75. The molecule has 1 heterocycles. The summed E-state index contributed by atoms with van der Waals surface area (Å²) < 4.78 is 19.5. The first-order valence-electron chi connectivity index (χ1n) is 3.90. The zero-order valence-electron chi connectivity index (χ0n) is 7.10. The Morgan fingerprint density at radius 3 is 3.08 bits per heavy atom. The van der Waals surface area contributed by atoms with Gasteiger partial charge < -0.3 is 4.55 Å². The third-order valence-electron chi connectivity index (χ3n) is 2.25. The van der Waals surface area contributed by atoms with Gasteiger partial charge in [-0.15, -0.1) is 0 Å². The van der Waals surface area contributed by atoms with Gasteiger partial charge in [0.15, 0.2) is 11.1 Å². The van der Waals surface area contributed by atoms with Crippen molar-refractivity contribution in [2.24, 2.45) is 4.99 Å². The fraction of sp³-hybridized carbons (Fsp3) is 0.222. The fourth-order valence-corrected chi connectivity index (χ4v) is 1.98. The number of aliphatic imine (C=N–C) groups is 1. The molecule has 13 heavy (non-hydrogen) atoms. The molecule has 0 amide bonds. The smallest absolute Gasteiger partial charge is 0.169 e. The van der Waals surface area contributed by atoms with Crippen LogP contribution in [0, 0.1) is 0 Å². The van der Waals surface area contributed by atoms with E-state index in [-0.39, 0.29) is 0 Å². The van der Waals surface area contributed by atoms with Crippen LogP contribution in [-0.2, 0) is 11.1 Å². The predicted octanol–water partition coefficient (Wildman–Crippen LogP) is 1.43. The maximum Gasteiger partial charge on any atom is 0.169 e. The molecule has 0 aromatic carbocycles. The van der Waals surface area contributed by atoms with E-state index in [1.807, 2.05) is 12.2 Å². The quantitative estimate of drug-likeness (QED) is 0.643. The van der Waals surface area contributed by atoms with E-state index in [1.165, 1.54) is 0 Å². The maximum atomic E-state index is 11.1. The van der Waals surface area contributed by atoms with Crippen LogP contribution in [-0.4, -0.2) is 19.2 Å². The highest BCUT2D eigenvalue weighted by Crippen LogP contribution is 2.28. The van der Waals surface area contributed by atoms with E-state index in [1.54, 1.807) is 25.3 Å². The molecule has 0 spiro atoms. The van der Waals surface area contributed by atoms with Gasteiger partial charge in [0.2, 0.25) is 0 Å². The van der Waals surface area contributed by atoms with Gasteiger partial charge in [-0.1, -0.05) is 18.2 Å². The second-order valence-corrected chi connectivity index (χ2v) is 4.48. The minimum absolute atomic E-state index is 0.677. The van der Waals surface area contributed by atoms with Crippen molar-refractivity contribution in [3.63, 3.8) is 0 Å².